The molecule has 0 saturated heterocycles. The maximum atomic E-state index is 12.2. The monoisotopic (exact) mass is 355 g/mol. The first-order valence-electron chi connectivity index (χ1n) is 8.27. The summed E-state index contributed by atoms with van der Waals surface area (Å²) < 4.78 is 5.41. The van der Waals surface area contributed by atoms with Crippen LogP contribution in [0.2, 0.25) is 0 Å². The van der Waals surface area contributed by atoms with Gasteiger partial charge in [-0.05, 0) is 31.0 Å². The molecule has 2 aromatic heterocycles. The highest BCUT2D eigenvalue weighted by Crippen LogP contribution is 2.28. The lowest BCUT2D eigenvalue weighted by Gasteiger charge is -2.17. The van der Waals surface area contributed by atoms with E-state index in [-0.39, 0.29) is 11.9 Å². The highest BCUT2D eigenvalue weighted by atomic mass is 32.2. The highest BCUT2D eigenvalue weighted by molar-refractivity contribution is 8.00. The Kier molecular flexibility index (Phi) is 5.38. The molecule has 1 amide bonds. The van der Waals surface area contributed by atoms with Gasteiger partial charge in [0.2, 0.25) is 5.91 Å². The van der Waals surface area contributed by atoms with Gasteiger partial charge in [-0.15, -0.1) is 0 Å². The molecule has 0 bridgehead atoms. The van der Waals surface area contributed by atoms with Crippen LogP contribution in [0, 0.1) is 5.92 Å². The highest BCUT2D eigenvalue weighted by Gasteiger charge is 2.15. The Bertz CT molecular complexity index is 862. The van der Waals surface area contributed by atoms with Crippen molar-refractivity contribution in [3.63, 3.8) is 0 Å². The van der Waals surface area contributed by atoms with E-state index < -0.39 is 0 Å². The Labute approximate surface area is 151 Å². The number of fused-ring (bicyclic) bond motifs is 1. The van der Waals surface area contributed by atoms with Gasteiger partial charge in [-0.1, -0.05) is 43.8 Å². The first-order valence-corrected chi connectivity index (χ1v) is 9.26. The van der Waals surface area contributed by atoms with Gasteiger partial charge in [0.1, 0.15) is 5.03 Å². The zero-order valence-electron chi connectivity index (χ0n) is 14.5. The zero-order chi connectivity index (χ0) is 17.8. The fourth-order valence-electron chi connectivity index (χ4n) is 2.27. The van der Waals surface area contributed by atoms with Crippen molar-refractivity contribution >= 4 is 28.6 Å². The van der Waals surface area contributed by atoms with E-state index in [0.29, 0.717) is 23.3 Å². The number of benzene rings is 1. The summed E-state index contributed by atoms with van der Waals surface area (Å²) in [5.41, 5.74) is 0.836. The molecule has 0 unspecified atom stereocenters. The van der Waals surface area contributed by atoms with Crippen LogP contribution >= 0.6 is 11.8 Å². The molecule has 25 heavy (non-hydrogen) atoms. The summed E-state index contributed by atoms with van der Waals surface area (Å²) in [6.45, 7) is 6.19. The Balaban J connectivity index is 1.84. The van der Waals surface area contributed by atoms with E-state index >= 15 is 0 Å². The van der Waals surface area contributed by atoms with E-state index in [1.165, 1.54) is 11.8 Å². The van der Waals surface area contributed by atoms with Gasteiger partial charge in [0.15, 0.2) is 11.6 Å². The summed E-state index contributed by atoms with van der Waals surface area (Å²) in [6.07, 6.45) is 1.60. The molecule has 2 heterocycles. The van der Waals surface area contributed by atoms with Crippen LogP contribution in [0.1, 0.15) is 20.8 Å². The molecule has 6 heteroatoms. The van der Waals surface area contributed by atoms with Crippen molar-refractivity contribution in [2.24, 2.45) is 5.92 Å². The minimum atomic E-state index is 0.00782. The molecule has 3 rings (SSSR count). The number of furan rings is 1. The van der Waals surface area contributed by atoms with Gasteiger partial charge in [0, 0.05) is 11.4 Å². The van der Waals surface area contributed by atoms with Gasteiger partial charge >= 0.3 is 0 Å². The quantitative estimate of drug-likeness (QED) is 0.531. The normalized spacial score (nSPS) is 12.5. The van der Waals surface area contributed by atoms with E-state index in [1.54, 1.807) is 12.3 Å². The van der Waals surface area contributed by atoms with Gasteiger partial charge in [-0.3, -0.25) is 4.79 Å². The van der Waals surface area contributed by atoms with E-state index in [0.717, 1.165) is 15.9 Å². The van der Waals surface area contributed by atoms with Crippen molar-refractivity contribution in [2.75, 3.05) is 5.75 Å². The Morgan fingerprint density at radius 3 is 2.68 bits per heavy atom. The number of para-hydroxylation sites is 1. The van der Waals surface area contributed by atoms with Crippen LogP contribution in [0.4, 0.5) is 0 Å². The molecule has 1 N–H and O–H groups in total. The minimum Gasteiger partial charge on any atom is -0.461 e. The first kappa shape index (κ1) is 17.5. The molecule has 0 aliphatic rings. The molecule has 0 fully saturated rings. The Hall–Kier alpha value is -2.34. The summed E-state index contributed by atoms with van der Waals surface area (Å²) in [5.74, 6) is 1.87. The molecule has 5 nitrogen and oxygen atoms in total. The average Bonchev–Trinajstić information content (AvgIpc) is 3.14. The van der Waals surface area contributed by atoms with Gasteiger partial charge < -0.3 is 9.73 Å². The number of carbonyl (C=O) groups is 1. The summed E-state index contributed by atoms with van der Waals surface area (Å²) >= 11 is 1.42. The molecule has 0 aliphatic heterocycles. The molecular formula is C19H21N3O2S. The van der Waals surface area contributed by atoms with Crippen LogP contribution in [-0.2, 0) is 4.79 Å². The van der Waals surface area contributed by atoms with Crippen molar-refractivity contribution in [3.8, 4) is 11.6 Å². The lowest BCUT2D eigenvalue weighted by atomic mass is 10.1. The minimum absolute atomic E-state index is 0.00782. The van der Waals surface area contributed by atoms with E-state index in [4.69, 9.17) is 4.42 Å². The van der Waals surface area contributed by atoms with Crippen molar-refractivity contribution < 1.29 is 9.21 Å². The Morgan fingerprint density at radius 1 is 1.16 bits per heavy atom. The molecule has 0 aliphatic carbocycles. The summed E-state index contributed by atoms with van der Waals surface area (Å²) in [7, 11) is 0. The van der Waals surface area contributed by atoms with Crippen LogP contribution in [-0.4, -0.2) is 27.7 Å². The third-order valence-electron chi connectivity index (χ3n) is 4.04. The maximum Gasteiger partial charge on any atom is 0.230 e. The van der Waals surface area contributed by atoms with Gasteiger partial charge in [0.25, 0.3) is 0 Å². The molecule has 3 aromatic rings. The summed E-state index contributed by atoms with van der Waals surface area (Å²) in [6, 6.07) is 11.6. The number of rotatable bonds is 6. The van der Waals surface area contributed by atoms with Crippen molar-refractivity contribution in [1.82, 2.24) is 15.3 Å². The number of carbonyl (C=O) groups excluding carboxylic acids is 1. The fraction of sp³-hybridized carbons (Fsp3) is 0.316. The zero-order valence-corrected chi connectivity index (χ0v) is 15.3. The van der Waals surface area contributed by atoms with Crippen LogP contribution in [0.25, 0.3) is 22.5 Å². The second-order valence-electron chi connectivity index (χ2n) is 6.24. The van der Waals surface area contributed by atoms with Gasteiger partial charge in [0.05, 0.1) is 17.5 Å². The van der Waals surface area contributed by atoms with Gasteiger partial charge in [-0.2, -0.15) is 0 Å². The number of amides is 1. The SMILES string of the molecule is CC(C)[C@H](C)NC(=O)CSc1nc(-c2ccco2)nc2ccccc12. The molecule has 0 spiro atoms. The number of aromatic nitrogens is 2. The first-order chi connectivity index (χ1) is 12.0. The topological polar surface area (TPSA) is 68.0 Å². The molecule has 1 atom stereocenters. The second kappa shape index (κ2) is 7.70. The lowest BCUT2D eigenvalue weighted by Crippen LogP contribution is -2.37. The number of hydrogen-bond acceptors (Lipinski definition) is 5. The number of hydrogen-bond donors (Lipinski definition) is 1. The third kappa shape index (κ3) is 4.20. The predicted molar refractivity (Wildman–Crippen MR) is 100 cm³/mol. The molecule has 1 aromatic carbocycles. The third-order valence-corrected chi connectivity index (χ3v) is 5.03. The van der Waals surface area contributed by atoms with Crippen LogP contribution < -0.4 is 5.32 Å². The van der Waals surface area contributed by atoms with E-state index in [2.05, 4.69) is 29.1 Å². The van der Waals surface area contributed by atoms with Crippen molar-refractivity contribution in [3.05, 3.63) is 42.7 Å². The smallest absolute Gasteiger partial charge is 0.230 e. The Morgan fingerprint density at radius 2 is 1.96 bits per heavy atom. The van der Waals surface area contributed by atoms with Crippen LogP contribution in [0.15, 0.2) is 52.1 Å². The summed E-state index contributed by atoms with van der Waals surface area (Å²) in [5, 5.41) is 4.74. The lowest BCUT2D eigenvalue weighted by molar-refractivity contribution is -0.119. The largest absolute Gasteiger partial charge is 0.461 e. The average molecular weight is 355 g/mol. The second-order valence-corrected chi connectivity index (χ2v) is 7.20. The van der Waals surface area contributed by atoms with Crippen LogP contribution in [0.5, 0.6) is 0 Å². The number of thioether (sulfide) groups is 1. The van der Waals surface area contributed by atoms with Crippen molar-refractivity contribution in [1.29, 1.82) is 0 Å². The van der Waals surface area contributed by atoms with Gasteiger partial charge in [-0.25, -0.2) is 9.97 Å². The number of nitrogens with one attached hydrogen (secondary N) is 1. The molecular weight excluding hydrogens is 334 g/mol. The van der Waals surface area contributed by atoms with E-state index in [9.17, 15) is 4.79 Å². The molecule has 0 radical (unpaired) electrons. The fourth-order valence-corrected chi connectivity index (χ4v) is 3.10. The molecule has 0 saturated carbocycles. The van der Waals surface area contributed by atoms with Crippen LogP contribution in [0.3, 0.4) is 0 Å². The molecule has 130 valence electrons. The maximum absolute atomic E-state index is 12.2. The van der Waals surface area contributed by atoms with Crippen molar-refractivity contribution in [2.45, 2.75) is 31.8 Å². The standard InChI is InChI=1S/C19H21N3O2S/c1-12(2)13(3)20-17(23)11-25-19-14-7-4-5-8-15(14)21-18(22-19)16-9-6-10-24-16/h4-10,12-13H,11H2,1-3H3,(H,20,23)/t13-/m0/s1. The van der Waals surface area contributed by atoms with E-state index in [1.807, 2.05) is 37.3 Å². The summed E-state index contributed by atoms with van der Waals surface area (Å²) in [4.78, 5) is 21.4. The predicted octanol–water partition coefficient (Wildman–Crippen LogP) is 4.14. The number of nitrogens with zero attached hydrogens (tertiary/aromatic N) is 2.